The average molecular weight is 353 g/mol. The van der Waals surface area contributed by atoms with Crippen LogP contribution in [0, 0.1) is 12.3 Å². The van der Waals surface area contributed by atoms with E-state index in [9.17, 15) is 4.79 Å². The second-order valence-corrected chi connectivity index (χ2v) is 8.04. The molecule has 0 heterocycles. The zero-order valence-electron chi connectivity index (χ0n) is 16.1. The van der Waals surface area contributed by atoms with Crippen molar-refractivity contribution < 1.29 is 14.3 Å². The lowest BCUT2D eigenvalue weighted by molar-refractivity contribution is 0.0392. The standard InChI is InChI=1S/C22H27NO3/c1-13(2)25-19-9-7-15(10-14(19)3)16-6-8-18-17(11-16)12-22(4,5)20(18)26-21(23)24/h6-11,13,20H,12H2,1-5H3,(H2,23,24)/t20-/m0/s1. The van der Waals surface area contributed by atoms with E-state index >= 15 is 0 Å². The predicted molar refractivity (Wildman–Crippen MR) is 103 cm³/mol. The fourth-order valence-corrected chi connectivity index (χ4v) is 3.75. The van der Waals surface area contributed by atoms with Gasteiger partial charge in [0.25, 0.3) is 0 Å². The number of benzene rings is 2. The second-order valence-electron chi connectivity index (χ2n) is 8.04. The van der Waals surface area contributed by atoms with Crippen molar-refractivity contribution in [1.29, 1.82) is 0 Å². The number of fused-ring (bicyclic) bond motifs is 1. The van der Waals surface area contributed by atoms with Crippen molar-refractivity contribution in [3.05, 3.63) is 53.1 Å². The van der Waals surface area contributed by atoms with Gasteiger partial charge in [-0.15, -0.1) is 0 Å². The van der Waals surface area contributed by atoms with Crippen LogP contribution in [-0.4, -0.2) is 12.2 Å². The number of ether oxygens (including phenoxy) is 2. The third-order valence-electron chi connectivity index (χ3n) is 4.89. The molecule has 2 aromatic carbocycles. The van der Waals surface area contributed by atoms with Gasteiger partial charge in [0.2, 0.25) is 0 Å². The summed E-state index contributed by atoms with van der Waals surface area (Å²) in [6, 6.07) is 12.6. The van der Waals surface area contributed by atoms with Crippen LogP contribution in [0.15, 0.2) is 36.4 Å². The van der Waals surface area contributed by atoms with Crippen LogP contribution in [0.1, 0.15) is 50.5 Å². The highest BCUT2D eigenvalue weighted by atomic mass is 16.6. The van der Waals surface area contributed by atoms with Crippen LogP contribution >= 0.6 is 0 Å². The minimum Gasteiger partial charge on any atom is -0.491 e. The highest BCUT2D eigenvalue weighted by Crippen LogP contribution is 2.48. The fraction of sp³-hybridized carbons (Fsp3) is 0.409. The Balaban J connectivity index is 1.93. The second kappa shape index (κ2) is 6.67. The third kappa shape index (κ3) is 3.55. The number of rotatable bonds is 4. The number of carbonyl (C=O) groups is 1. The summed E-state index contributed by atoms with van der Waals surface area (Å²) < 4.78 is 11.2. The quantitative estimate of drug-likeness (QED) is 0.825. The van der Waals surface area contributed by atoms with Crippen molar-refractivity contribution >= 4 is 6.09 Å². The van der Waals surface area contributed by atoms with Crippen molar-refractivity contribution in [2.45, 2.75) is 53.2 Å². The summed E-state index contributed by atoms with van der Waals surface area (Å²) in [5.41, 5.74) is 10.8. The molecule has 0 spiro atoms. The molecular formula is C22H27NO3. The van der Waals surface area contributed by atoms with Crippen LogP contribution in [0.25, 0.3) is 11.1 Å². The van der Waals surface area contributed by atoms with E-state index in [1.165, 1.54) is 5.56 Å². The first-order chi connectivity index (χ1) is 12.2. The predicted octanol–water partition coefficient (Wildman–Crippen LogP) is 5.17. The van der Waals surface area contributed by atoms with Crippen LogP contribution in [-0.2, 0) is 11.2 Å². The minimum absolute atomic E-state index is 0.156. The summed E-state index contributed by atoms with van der Waals surface area (Å²) in [7, 11) is 0. The normalized spacial score (nSPS) is 17.8. The molecule has 1 atom stereocenters. The van der Waals surface area contributed by atoms with Gasteiger partial charge in [-0.25, -0.2) is 4.79 Å². The van der Waals surface area contributed by atoms with E-state index in [-0.39, 0.29) is 17.6 Å². The Labute approximate surface area is 155 Å². The summed E-state index contributed by atoms with van der Waals surface area (Å²) in [5.74, 6) is 0.918. The molecule has 1 aliphatic rings. The van der Waals surface area contributed by atoms with Gasteiger partial charge < -0.3 is 15.2 Å². The molecule has 2 N–H and O–H groups in total. The SMILES string of the molecule is Cc1cc(-c2ccc3c(c2)CC(C)(C)[C@H]3OC(N)=O)ccc1OC(C)C. The Hall–Kier alpha value is -2.49. The topological polar surface area (TPSA) is 61.5 Å². The number of hydrogen-bond acceptors (Lipinski definition) is 3. The number of carbonyl (C=O) groups excluding carboxylic acids is 1. The molecule has 26 heavy (non-hydrogen) atoms. The molecule has 0 saturated heterocycles. The summed E-state index contributed by atoms with van der Waals surface area (Å²) in [4.78, 5) is 11.3. The van der Waals surface area contributed by atoms with E-state index in [0.717, 1.165) is 34.4 Å². The van der Waals surface area contributed by atoms with E-state index in [2.05, 4.69) is 51.1 Å². The van der Waals surface area contributed by atoms with E-state index in [1.807, 2.05) is 19.9 Å². The summed E-state index contributed by atoms with van der Waals surface area (Å²) in [6.45, 7) is 10.3. The Kier molecular flexibility index (Phi) is 4.70. The number of hydrogen-bond donors (Lipinski definition) is 1. The molecule has 0 fully saturated rings. The minimum atomic E-state index is -0.726. The number of primary amides is 1. The van der Waals surface area contributed by atoms with Crippen molar-refractivity contribution in [3.8, 4) is 16.9 Å². The highest BCUT2D eigenvalue weighted by molar-refractivity contribution is 5.69. The molecule has 138 valence electrons. The highest BCUT2D eigenvalue weighted by Gasteiger charge is 2.41. The first-order valence-electron chi connectivity index (χ1n) is 9.04. The summed E-state index contributed by atoms with van der Waals surface area (Å²) >= 11 is 0. The summed E-state index contributed by atoms with van der Waals surface area (Å²) in [6.07, 6.45) is -0.0188. The first-order valence-corrected chi connectivity index (χ1v) is 9.04. The van der Waals surface area contributed by atoms with Gasteiger partial charge in [-0.3, -0.25) is 0 Å². The van der Waals surface area contributed by atoms with Crippen molar-refractivity contribution in [2.75, 3.05) is 0 Å². The van der Waals surface area contributed by atoms with E-state index in [4.69, 9.17) is 15.2 Å². The maximum Gasteiger partial charge on any atom is 0.405 e. The summed E-state index contributed by atoms with van der Waals surface area (Å²) in [5, 5.41) is 0. The Morgan fingerprint density at radius 3 is 2.42 bits per heavy atom. The molecule has 0 radical (unpaired) electrons. The van der Waals surface area contributed by atoms with Gasteiger partial charge in [0, 0.05) is 5.41 Å². The van der Waals surface area contributed by atoms with Gasteiger partial charge in [0.15, 0.2) is 0 Å². The van der Waals surface area contributed by atoms with Crippen LogP contribution in [0.3, 0.4) is 0 Å². The smallest absolute Gasteiger partial charge is 0.405 e. The monoisotopic (exact) mass is 353 g/mol. The molecule has 4 heteroatoms. The molecule has 1 amide bonds. The first kappa shape index (κ1) is 18.3. The van der Waals surface area contributed by atoms with Gasteiger partial charge in [-0.1, -0.05) is 38.1 Å². The lowest BCUT2D eigenvalue weighted by Gasteiger charge is -2.26. The van der Waals surface area contributed by atoms with Crippen molar-refractivity contribution in [2.24, 2.45) is 11.1 Å². The van der Waals surface area contributed by atoms with E-state index in [0.29, 0.717) is 0 Å². The zero-order chi connectivity index (χ0) is 19.1. The molecule has 0 bridgehead atoms. The van der Waals surface area contributed by atoms with Gasteiger partial charge in [0.1, 0.15) is 11.9 Å². The van der Waals surface area contributed by atoms with Gasteiger partial charge in [-0.2, -0.15) is 0 Å². The lowest BCUT2D eigenvalue weighted by Crippen LogP contribution is -2.25. The van der Waals surface area contributed by atoms with Crippen molar-refractivity contribution in [3.63, 3.8) is 0 Å². The van der Waals surface area contributed by atoms with Crippen LogP contribution < -0.4 is 10.5 Å². The molecule has 0 aromatic heterocycles. The fourth-order valence-electron chi connectivity index (χ4n) is 3.75. The Bertz CT molecular complexity index is 839. The molecule has 3 rings (SSSR count). The third-order valence-corrected chi connectivity index (χ3v) is 4.89. The number of aryl methyl sites for hydroxylation is 1. The van der Waals surface area contributed by atoms with Crippen LogP contribution in [0.5, 0.6) is 5.75 Å². The maximum absolute atomic E-state index is 11.3. The molecule has 0 aliphatic heterocycles. The zero-order valence-corrected chi connectivity index (χ0v) is 16.1. The molecule has 4 nitrogen and oxygen atoms in total. The maximum atomic E-state index is 11.3. The molecule has 0 saturated carbocycles. The lowest BCUT2D eigenvalue weighted by atomic mass is 9.87. The Morgan fingerprint density at radius 1 is 1.15 bits per heavy atom. The molecular weight excluding hydrogens is 326 g/mol. The van der Waals surface area contributed by atoms with E-state index in [1.54, 1.807) is 0 Å². The van der Waals surface area contributed by atoms with Gasteiger partial charge in [0.05, 0.1) is 6.10 Å². The van der Waals surface area contributed by atoms with Gasteiger partial charge >= 0.3 is 6.09 Å². The molecule has 1 aliphatic carbocycles. The largest absolute Gasteiger partial charge is 0.491 e. The van der Waals surface area contributed by atoms with E-state index < -0.39 is 6.09 Å². The van der Waals surface area contributed by atoms with Crippen LogP contribution in [0.2, 0.25) is 0 Å². The average Bonchev–Trinajstić information content (AvgIpc) is 2.78. The number of amides is 1. The van der Waals surface area contributed by atoms with Crippen LogP contribution in [0.4, 0.5) is 4.79 Å². The molecule has 2 aromatic rings. The molecule has 0 unspecified atom stereocenters. The Morgan fingerprint density at radius 2 is 1.81 bits per heavy atom. The number of nitrogens with two attached hydrogens (primary N) is 1. The van der Waals surface area contributed by atoms with Crippen molar-refractivity contribution in [1.82, 2.24) is 0 Å². The van der Waals surface area contributed by atoms with Gasteiger partial charge in [-0.05, 0) is 67.1 Å².